The Bertz CT molecular complexity index is 440. The highest BCUT2D eigenvalue weighted by atomic mass is 16.3. The number of aromatic nitrogens is 2. The molecule has 2 aliphatic rings. The van der Waals surface area contributed by atoms with E-state index in [4.69, 9.17) is 5.10 Å². The van der Waals surface area contributed by atoms with E-state index in [1.165, 1.54) is 32.1 Å². The van der Waals surface area contributed by atoms with Gasteiger partial charge in [0.1, 0.15) is 0 Å². The van der Waals surface area contributed by atoms with Gasteiger partial charge in [0.05, 0.1) is 17.3 Å². The first-order chi connectivity index (χ1) is 9.56. The summed E-state index contributed by atoms with van der Waals surface area (Å²) in [7, 11) is 2.09. The second kappa shape index (κ2) is 5.49. The minimum atomic E-state index is -0.597. The second-order valence-corrected chi connectivity index (χ2v) is 6.95. The molecule has 1 aliphatic carbocycles. The fraction of sp³-hybridized carbons (Fsp3) is 0.812. The molecule has 0 spiro atoms. The average molecular weight is 277 g/mol. The molecule has 1 saturated carbocycles. The molecule has 3 rings (SSSR count). The van der Waals surface area contributed by atoms with E-state index in [1.807, 2.05) is 0 Å². The van der Waals surface area contributed by atoms with E-state index >= 15 is 0 Å². The Labute approximate surface area is 121 Å². The third-order valence-corrected chi connectivity index (χ3v) is 5.09. The van der Waals surface area contributed by atoms with Crippen molar-refractivity contribution in [3.8, 4) is 0 Å². The summed E-state index contributed by atoms with van der Waals surface area (Å²) in [5, 5.41) is 15.4. The summed E-state index contributed by atoms with van der Waals surface area (Å²) < 4.78 is 2.14. The smallest absolute Gasteiger partial charge is 0.0844 e. The average Bonchev–Trinajstić information content (AvgIpc) is 2.96. The number of aliphatic hydroxyl groups is 1. The molecule has 0 amide bonds. The third-order valence-electron chi connectivity index (χ3n) is 5.09. The first-order valence-corrected chi connectivity index (χ1v) is 8.02. The van der Waals surface area contributed by atoms with Gasteiger partial charge in [0, 0.05) is 25.2 Å². The highest BCUT2D eigenvalue weighted by molar-refractivity contribution is 5.08. The molecular formula is C16H27N3O. The van der Waals surface area contributed by atoms with Crippen LogP contribution in [-0.4, -0.2) is 45.0 Å². The lowest BCUT2D eigenvalue weighted by Crippen LogP contribution is -2.34. The molecule has 2 atom stereocenters. The van der Waals surface area contributed by atoms with Crippen LogP contribution in [0.1, 0.15) is 57.2 Å². The maximum absolute atomic E-state index is 10.7. The van der Waals surface area contributed by atoms with Gasteiger partial charge in [-0.05, 0) is 39.3 Å². The summed E-state index contributed by atoms with van der Waals surface area (Å²) in [6.07, 6.45) is 10.2. The van der Waals surface area contributed by atoms with E-state index < -0.39 is 5.60 Å². The molecule has 4 nitrogen and oxygen atoms in total. The molecule has 0 radical (unpaired) electrons. The summed E-state index contributed by atoms with van der Waals surface area (Å²) in [5.74, 6) is 0. The van der Waals surface area contributed by atoms with Crippen LogP contribution in [0.5, 0.6) is 0 Å². The van der Waals surface area contributed by atoms with Gasteiger partial charge in [-0.1, -0.05) is 19.3 Å². The van der Waals surface area contributed by atoms with E-state index in [9.17, 15) is 5.11 Å². The second-order valence-electron chi connectivity index (χ2n) is 6.95. The molecule has 1 aromatic rings. The lowest BCUT2D eigenvalue weighted by Gasteiger charge is -2.23. The SMILES string of the molecule is CC1CC(O)(Cc2ccn(C3CCCCC3)n2)CN1C. The van der Waals surface area contributed by atoms with Crippen LogP contribution in [0.15, 0.2) is 12.3 Å². The topological polar surface area (TPSA) is 41.3 Å². The predicted molar refractivity (Wildman–Crippen MR) is 79.7 cm³/mol. The summed E-state index contributed by atoms with van der Waals surface area (Å²) >= 11 is 0. The Kier molecular flexibility index (Phi) is 3.87. The van der Waals surface area contributed by atoms with Crippen molar-refractivity contribution in [3.63, 3.8) is 0 Å². The lowest BCUT2D eigenvalue weighted by atomic mass is 9.95. The van der Waals surface area contributed by atoms with Crippen molar-refractivity contribution in [1.29, 1.82) is 0 Å². The van der Waals surface area contributed by atoms with Crippen LogP contribution < -0.4 is 0 Å². The number of nitrogens with zero attached hydrogens (tertiary/aromatic N) is 3. The molecule has 4 heteroatoms. The van der Waals surface area contributed by atoms with Crippen LogP contribution in [0.3, 0.4) is 0 Å². The van der Waals surface area contributed by atoms with Crippen LogP contribution in [0, 0.1) is 0 Å². The van der Waals surface area contributed by atoms with E-state index in [2.05, 4.69) is 35.8 Å². The van der Waals surface area contributed by atoms with Crippen molar-refractivity contribution in [2.45, 2.75) is 69.6 Å². The number of hydrogen-bond donors (Lipinski definition) is 1. The standard InChI is InChI=1S/C16H27N3O/c1-13-10-16(20,12-18(13)2)11-14-8-9-19(17-14)15-6-4-3-5-7-15/h8-9,13,15,20H,3-7,10-12H2,1-2H3. The number of likely N-dealkylation sites (tertiary alicyclic amines) is 1. The molecule has 2 fully saturated rings. The van der Waals surface area contributed by atoms with Gasteiger partial charge in [-0.25, -0.2) is 0 Å². The van der Waals surface area contributed by atoms with Crippen molar-refractivity contribution in [2.24, 2.45) is 0 Å². The molecule has 1 N–H and O–H groups in total. The Morgan fingerprint density at radius 3 is 2.75 bits per heavy atom. The normalized spacial score (nSPS) is 32.9. The largest absolute Gasteiger partial charge is 0.388 e. The number of likely N-dealkylation sites (N-methyl/N-ethyl adjacent to an activating group) is 1. The molecular weight excluding hydrogens is 250 g/mol. The fourth-order valence-corrected chi connectivity index (χ4v) is 3.88. The van der Waals surface area contributed by atoms with Crippen molar-refractivity contribution in [2.75, 3.05) is 13.6 Å². The Morgan fingerprint density at radius 2 is 2.10 bits per heavy atom. The molecule has 2 unspecified atom stereocenters. The highest BCUT2D eigenvalue weighted by Crippen LogP contribution is 2.30. The molecule has 1 aliphatic heterocycles. The van der Waals surface area contributed by atoms with Gasteiger partial charge in [0.15, 0.2) is 0 Å². The van der Waals surface area contributed by atoms with E-state index in [0.717, 1.165) is 18.7 Å². The van der Waals surface area contributed by atoms with Crippen LogP contribution in [-0.2, 0) is 6.42 Å². The van der Waals surface area contributed by atoms with Gasteiger partial charge in [0.25, 0.3) is 0 Å². The summed E-state index contributed by atoms with van der Waals surface area (Å²) in [6.45, 7) is 2.93. The van der Waals surface area contributed by atoms with E-state index in [-0.39, 0.29) is 0 Å². The lowest BCUT2D eigenvalue weighted by molar-refractivity contribution is 0.0508. The van der Waals surface area contributed by atoms with Crippen molar-refractivity contribution < 1.29 is 5.11 Å². The maximum atomic E-state index is 10.7. The molecule has 112 valence electrons. The van der Waals surface area contributed by atoms with Gasteiger partial charge in [-0.3, -0.25) is 4.68 Å². The van der Waals surface area contributed by atoms with Crippen molar-refractivity contribution in [1.82, 2.24) is 14.7 Å². The van der Waals surface area contributed by atoms with Gasteiger partial charge in [0.2, 0.25) is 0 Å². The van der Waals surface area contributed by atoms with E-state index in [1.54, 1.807) is 0 Å². The van der Waals surface area contributed by atoms with Crippen LogP contribution in [0.4, 0.5) is 0 Å². The monoisotopic (exact) mass is 277 g/mol. The van der Waals surface area contributed by atoms with Gasteiger partial charge in [-0.2, -0.15) is 5.10 Å². The van der Waals surface area contributed by atoms with Crippen molar-refractivity contribution in [3.05, 3.63) is 18.0 Å². The molecule has 1 saturated heterocycles. The minimum Gasteiger partial charge on any atom is -0.388 e. The Balaban J connectivity index is 1.65. The van der Waals surface area contributed by atoms with Crippen LogP contribution in [0.25, 0.3) is 0 Å². The van der Waals surface area contributed by atoms with Crippen LogP contribution >= 0.6 is 0 Å². The number of β-amino-alcohol motifs (C(OH)–C–C–N with tert-alkyl or cyclic N) is 1. The molecule has 1 aromatic heterocycles. The molecule has 2 heterocycles. The van der Waals surface area contributed by atoms with Crippen LogP contribution in [0.2, 0.25) is 0 Å². The predicted octanol–water partition coefficient (Wildman–Crippen LogP) is 2.39. The first-order valence-electron chi connectivity index (χ1n) is 8.02. The van der Waals surface area contributed by atoms with E-state index in [0.29, 0.717) is 18.5 Å². The number of rotatable bonds is 3. The van der Waals surface area contributed by atoms with Gasteiger partial charge < -0.3 is 10.0 Å². The Morgan fingerprint density at radius 1 is 1.35 bits per heavy atom. The summed E-state index contributed by atoms with van der Waals surface area (Å²) in [6, 6.07) is 3.13. The molecule has 0 aromatic carbocycles. The minimum absolute atomic E-state index is 0.459. The zero-order valence-electron chi connectivity index (χ0n) is 12.8. The maximum Gasteiger partial charge on any atom is 0.0844 e. The molecule has 20 heavy (non-hydrogen) atoms. The summed E-state index contributed by atoms with van der Waals surface area (Å²) in [4.78, 5) is 2.23. The quantitative estimate of drug-likeness (QED) is 0.922. The molecule has 0 bridgehead atoms. The first kappa shape index (κ1) is 14.1. The third kappa shape index (κ3) is 2.91. The highest BCUT2D eigenvalue weighted by Gasteiger charge is 2.39. The zero-order chi connectivity index (χ0) is 14.2. The summed E-state index contributed by atoms with van der Waals surface area (Å²) in [5.41, 5.74) is 0.445. The number of hydrogen-bond acceptors (Lipinski definition) is 3. The van der Waals surface area contributed by atoms with Gasteiger partial charge in [-0.15, -0.1) is 0 Å². The fourth-order valence-electron chi connectivity index (χ4n) is 3.88. The Hall–Kier alpha value is -0.870. The van der Waals surface area contributed by atoms with Crippen molar-refractivity contribution >= 4 is 0 Å². The van der Waals surface area contributed by atoms with Gasteiger partial charge >= 0.3 is 0 Å². The zero-order valence-corrected chi connectivity index (χ0v) is 12.8.